The van der Waals surface area contributed by atoms with Gasteiger partial charge in [0, 0.05) is 19.5 Å². The van der Waals surface area contributed by atoms with Gasteiger partial charge >= 0.3 is 6.18 Å². The Labute approximate surface area is 216 Å². The highest BCUT2D eigenvalue weighted by atomic mass is 19.4. The van der Waals surface area contributed by atoms with Crippen molar-refractivity contribution < 1.29 is 13.2 Å². The molecule has 2 aromatic carbocycles. The molecule has 198 valence electrons. The summed E-state index contributed by atoms with van der Waals surface area (Å²) in [7, 11) is 0. The molecule has 1 aliphatic rings. The second kappa shape index (κ2) is 15.7. The molecular formula is C31H43F3N2. The Kier molecular flexibility index (Phi) is 13.1. The van der Waals surface area contributed by atoms with Crippen LogP contribution in [0.15, 0.2) is 54.6 Å². The molecule has 0 spiro atoms. The average molecular weight is 501 g/mol. The highest BCUT2D eigenvalue weighted by Crippen LogP contribution is 2.46. The molecule has 3 atom stereocenters. The standard InChI is InChI=1S/C29H40F3N.C2H3N/c1-3-21-33(22-20-23-10-6-5-7-11-23)26(4-2)19-16-24-14-17-25(18-15-24)27-12-8-9-13-28(27)29(30,31)32;1-2-3/h5-7,10-11,14-15,17-18,26-28H,3-4,8-9,12-13,16,19-22H2,1-2H3;1H3. The number of benzene rings is 2. The molecule has 0 aliphatic heterocycles. The monoisotopic (exact) mass is 500 g/mol. The zero-order valence-corrected chi connectivity index (χ0v) is 22.2. The second-order valence-corrected chi connectivity index (χ2v) is 9.88. The maximum absolute atomic E-state index is 13.5. The minimum Gasteiger partial charge on any atom is -0.300 e. The number of hydrogen-bond donors (Lipinski definition) is 0. The summed E-state index contributed by atoms with van der Waals surface area (Å²) in [6.07, 6.45) is 3.78. The molecule has 0 radical (unpaired) electrons. The lowest BCUT2D eigenvalue weighted by atomic mass is 9.75. The molecule has 1 saturated carbocycles. The van der Waals surface area contributed by atoms with E-state index in [1.165, 1.54) is 18.1 Å². The summed E-state index contributed by atoms with van der Waals surface area (Å²) in [6, 6.07) is 21.0. The number of nitriles is 1. The summed E-state index contributed by atoms with van der Waals surface area (Å²) in [4.78, 5) is 2.62. The van der Waals surface area contributed by atoms with E-state index < -0.39 is 12.1 Å². The van der Waals surface area contributed by atoms with Gasteiger partial charge in [-0.2, -0.15) is 18.4 Å². The molecule has 1 aliphatic carbocycles. The van der Waals surface area contributed by atoms with Gasteiger partial charge in [-0.1, -0.05) is 81.3 Å². The first kappa shape index (κ1) is 29.9. The van der Waals surface area contributed by atoms with Crippen LogP contribution in [0.1, 0.15) is 88.3 Å². The Morgan fingerprint density at radius 2 is 1.53 bits per heavy atom. The Bertz CT molecular complexity index is 887. The van der Waals surface area contributed by atoms with Crippen molar-refractivity contribution in [3.63, 3.8) is 0 Å². The van der Waals surface area contributed by atoms with E-state index in [1.54, 1.807) is 6.07 Å². The van der Waals surface area contributed by atoms with E-state index in [-0.39, 0.29) is 12.3 Å². The van der Waals surface area contributed by atoms with Gasteiger partial charge in [0.1, 0.15) is 0 Å². The molecule has 2 nitrogen and oxygen atoms in total. The van der Waals surface area contributed by atoms with Gasteiger partial charge in [-0.15, -0.1) is 0 Å². The van der Waals surface area contributed by atoms with Gasteiger partial charge in [0.25, 0.3) is 0 Å². The Balaban J connectivity index is 0.00000145. The SMILES string of the molecule is CC#N.CCCN(CCc1ccccc1)C(CC)CCc1ccc(C2CCCCC2C(F)(F)F)cc1. The summed E-state index contributed by atoms with van der Waals surface area (Å²) in [6.45, 7) is 8.10. The number of aryl methyl sites for hydroxylation is 1. The van der Waals surface area contributed by atoms with Crippen LogP contribution < -0.4 is 0 Å². The zero-order valence-electron chi connectivity index (χ0n) is 22.2. The van der Waals surface area contributed by atoms with Crippen LogP contribution in [0.3, 0.4) is 0 Å². The van der Waals surface area contributed by atoms with E-state index in [0.717, 1.165) is 57.2 Å². The van der Waals surface area contributed by atoms with Crippen molar-refractivity contribution in [2.45, 2.75) is 96.7 Å². The molecule has 3 unspecified atom stereocenters. The first-order valence-electron chi connectivity index (χ1n) is 13.6. The molecule has 0 amide bonds. The minimum atomic E-state index is -4.10. The van der Waals surface area contributed by atoms with Crippen molar-refractivity contribution in [3.8, 4) is 6.07 Å². The van der Waals surface area contributed by atoms with Crippen LogP contribution in [0.25, 0.3) is 0 Å². The van der Waals surface area contributed by atoms with E-state index in [0.29, 0.717) is 18.9 Å². The van der Waals surface area contributed by atoms with Crippen LogP contribution in [0.4, 0.5) is 13.2 Å². The second-order valence-electron chi connectivity index (χ2n) is 9.88. The molecule has 36 heavy (non-hydrogen) atoms. The number of nitrogens with zero attached hydrogens (tertiary/aromatic N) is 2. The molecule has 1 fully saturated rings. The highest BCUT2D eigenvalue weighted by molar-refractivity contribution is 5.27. The van der Waals surface area contributed by atoms with Crippen LogP contribution in [0.2, 0.25) is 0 Å². The molecule has 0 heterocycles. The van der Waals surface area contributed by atoms with Crippen LogP contribution in [-0.2, 0) is 12.8 Å². The Hall–Kier alpha value is -2.32. The summed E-state index contributed by atoms with van der Waals surface area (Å²) in [5.74, 6) is -1.57. The summed E-state index contributed by atoms with van der Waals surface area (Å²) >= 11 is 0. The maximum Gasteiger partial charge on any atom is 0.392 e. The predicted octanol–water partition coefficient (Wildman–Crippen LogP) is 8.72. The van der Waals surface area contributed by atoms with E-state index in [1.807, 2.05) is 12.1 Å². The van der Waals surface area contributed by atoms with Crippen LogP contribution in [0.5, 0.6) is 0 Å². The fourth-order valence-electron chi connectivity index (χ4n) is 5.51. The van der Waals surface area contributed by atoms with Gasteiger partial charge in [0.2, 0.25) is 0 Å². The number of alkyl halides is 3. The van der Waals surface area contributed by atoms with Crippen molar-refractivity contribution in [2.24, 2.45) is 5.92 Å². The van der Waals surface area contributed by atoms with Gasteiger partial charge < -0.3 is 4.90 Å². The number of rotatable bonds is 11. The van der Waals surface area contributed by atoms with Gasteiger partial charge in [0.15, 0.2) is 0 Å². The van der Waals surface area contributed by atoms with Crippen molar-refractivity contribution >= 4 is 0 Å². The third-order valence-electron chi connectivity index (χ3n) is 7.39. The number of hydrogen-bond acceptors (Lipinski definition) is 2. The van der Waals surface area contributed by atoms with Gasteiger partial charge in [0.05, 0.1) is 12.0 Å². The van der Waals surface area contributed by atoms with Gasteiger partial charge in [-0.3, -0.25) is 0 Å². The topological polar surface area (TPSA) is 27.0 Å². The number of halogens is 3. The van der Waals surface area contributed by atoms with Crippen molar-refractivity contribution in [1.82, 2.24) is 4.90 Å². The molecule has 0 aromatic heterocycles. The third-order valence-corrected chi connectivity index (χ3v) is 7.39. The summed E-state index contributed by atoms with van der Waals surface area (Å²) < 4.78 is 40.5. The maximum atomic E-state index is 13.5. The van der Waals surface area contributed by atoms with Crippen molar-refractivity contribution in [3.05, 3.63) is 71.3 Å². The molecule has 0 saturated heterocycles. The normalized spacial score (nSPS) is 18.7. The summed E-state index contributed by atoms with van der Waals surface area (Å²) in [5, 5.41) is 7.32. The molecule has 3 rings (SSSR count). The van der Waals surface area contributed by atoms with Gasteiger partial charge in [-0.25, -0.2) is 0 Å². The van der Waals surface area contributed by atoms with E-state index in [4.69, 9.17) is 5.26 Å². The minimum absolute atomic E-state index is 0.268. The van der Waals surface area contributed by atoms with Crippen LogP contribution in [-0.4, -0.2) is 30.2 Å². The molecule has 5 heteroatoms. The van der Waals surface area contributed by atoms with Crippen LogP contribution in [0, 0.1) is 17.2 Å². The van der Waals surface area contributed by atoms with E-state index in [9.17, 15) is 13.2 Å². The summed E-state index contributed by atoms with van der Waals surface area (Å²) in [5.41, 5.74) is 3.48. The zero-order chi connectivity index (χ0) is 26.4. The lowest BCUT2D eigenvalue weighted by molar-refractivity contribution is -0.187. The predicted molar refractivity (Wildman–Crippen MR) is 143 cm³/mol. The van der Waals surface area contributed by atoms with Crippen molar-refractivity contribution in [1.29, 1.82) is 5.26 Å². The quantitative estimate of drug-likeness (QED) is 0.308. The fraction of sp³-hybridized carbons (Fsp3) is 0.581. The Morgan fingerprint density at radius 3 is 2.11 bits per heavy atom. The highest BCUT2D eigenvalue weighted by Gasteiger charge is 2.45. The van der Waals surface area contributed by atoms with Crippen molar-refractivity contribution in [2.75, 3.05) is 13.1 Å². The molecule has 0 bridgehead atoms. The lowest BCUT2D eigenvalue weighted by Gasteiger charge is -2.33. The van der Waals surface area contributed by atoms with Crippen LogP contribution >= 0.6 is 0 Å². The van der Waals surface area contributed by atoms with E-state index in [2.05, 4.69) is 61.2 Å². The smallest absolute Gasteiger partial charge is 0.300 e. The molecule has 0 N–H and O–H groups in total. The third kappa shape index (κ3) is 9.62. The molecule has 2 aromatic rings. The lowest BCUT2D eigenvalue weighted by Crippen LogP contribution is -2.37. The largest absolute Gasteiger partial charge is 0.392 e. The first-order chi connectivity index (χ1) is 17.3. The van der Waals surface area contributed by atoms with Gasteiger partial charge in [-0.05, 0) is 74.1 Å². The van der Waals surface area contributed by atoms with E-state index >= 15 is 0 Å². The Morgan fingerprint density at radius 1 is 0.917 bits per heavy atom. The average Bonchev–Trinajstić information content (AvgIpc) is 2.88. The first-order valence-corrected chi connectivity index (χ1v) is 13.6. The fourth-order valence-corrected chi connectivity index (χ4v) is 5.51. The molecular weight excluding hydrogens is 457 g/mol.